The van der Waals surface area contributed by atoms with Crippen molar-refractivity contribution in [2.45, 2.75) is 45.1 Å². The fraction of sp³-hybridized carbons (Fsp3) is 0.923. The fourth-order valence-corrected chi connectivity index (χ4v) is 2.01. The van der Waals surface area contributed by atoms with E-state index >= 15 is 0 Å². The smallest absolute Gasteiger partial charge is 0.415 e. The van der Waals surface area contributed by atoms with E-state index < -0.39 is 30.5 Å². The van der Waals surface area contributed by atoms with Gasteiger partial charge in [-0.05, 0) is 27.2 Å². The molecule has 1 unspecified atom stereocenters. The standard InChI is InChI=1S/C13H23F3N2O3/c1-12(2,3)21-11(20)18-6-4-5-17(7-8-18)9-10(19)13(14,15)16/h10,19H,4-9H2,1-3H3. The van der Waals surface area contributed by atoms with E-state index in [1.807, 2.05) is 0 Å². The van der Waals surface area contributed by atoms with Crippen LogP contribution >= 0.6 is 0 Å². The van der Waals surface area contributed by atoms with Crippen LogP contribution in [0.25, 0.3) is 0 Å². The van der Waals surface area contributed by atoms with Gasteiger partial charge in [0.25, 0.3) is 0 Å². The van der Waals surface area contributed by atoms with Crippen LogP contribution in [-0.4, -0.2) is 71.6 Å². The van der Waals surface area contributed by atoms with Gasteiger partial charge in [0.15, 0.2) is 6.10 Å². The highest BCUT2D eigenvalue weighted by Crippen LogP contribution is 2.21. The lowest BCUT2D eigenvalue weighted by Gasteiger charge is -2.27. The van der Waals surface area contributed by atoms with E-state index in [1.165, 1.54) is 9.80 Å². The van der Waals surface area contributed by atoms with Crippen LogP contribution in [0.4, 0.5) is 18.0 Å². The Labute approximate surface area is 122 Å². The van der Waals surface area contributed by atoms with E-state index in [2.05, 4.69) is 0 Å². The summed E-state index contributed by atoms with van der Waals surface area (Å²) in [5.41, 5.74) is -0.602. The van der Waals surface area contributed by atoms with Gasteiger partial charge < -0.3 is 14.7 Å². The molecule has 1 amide bonds. The number of hydrogen-bond donors (Lipinski definition) is 1. The largest absolute Gasteiger partial charge is 0.444 e. The van der Waals surface area contributed by atoms with Crippen molar-refractivity contribution >= 4 is 6.09 Å². The minimum atomic E-state index is -4.61. The van der Waals surface area contributed by atoms with Crippen molar-refractivity contribution in [2.75, 3.05) is 32.7 Å². The predicted molar refractivity (Wildman–Crippen MR) is 70.9 cm³/mol. The maximum atomic E-state index is 12.3. The zero-order valence-electron chi connectivity index (χ0n) is 12.6. The SMILES string of the molecule is CC(C)(C)OC(=O)N1CCCN(CC(O)C(F)(F)F)CC1. The van der Waals surface area contributed by atoms with Crippen molar-refractivity contribution in [3.05, 3.63) is 0 Å². The van der Waals surface area contributed by atoms with Gasteiger partial charge >= 0.3 is 12.3 Å². The molecule has 8 heteroatoms. The van der Waals surface area contributed by atoms with Crippen molar-refractivity contribution in [3.8, 4) is 0 Å². The molecule has 5 nitrogen and oxygen atoms in total. The minimum Gasteiger partial charge on any atom is -0.444 e. The third-order valence-electron chi connectivity index (χ3n) is 3.05. The summed E-state index contributed by atoms with van der Waals surface area (Å²) in [6.07, 6.45) is -6.88. The van der Waals surface area contributed by atoms with Crippen LogP contribution in [0.2, 0.25) is 0 Å². The van der Waals surface area contributed by atoms with Gasteiger partial charge in [-0.1, -0.05) is 0 Å². The molecule has 0 bridgehead atoms. The Morgan fingerprint density at radius 3 is 2.33 bits per heavy atom. The molecule has 124 valence electrons. The highest BCUT2D eigenvalue weighted by molar-refractivity contribution is 5.68. The van der Waals surface area contributed by atoms with E-state index in [-0.39, 0.29) is 6.54 Å². The average molecular weight is 312 g/mol. The summed E-state index contributed by atoms with van der Waals surface area (Å²) in [6.45, 7) is 6.23. The molecule has 0 aromatic carbocycles. The quantitative estimate of drug-likeness (QED) is 0.845. The van der Waals surface area contributed by atoms with E-state index in [0.29, 0.717) is 26.1 Å². The Kier molecular flexibility index (Phi) is 5.86. The number of nitrogens with zero attached hydrogens (tertiary/aromatic N) is 2. The average Bonchev–Trinajstić information content (AvgIpc) is 2.51. The van der Waals surface area contributed by atoms with Crippen LogP contribution in [0.1, 0.15) is 27.2 Å². The van der Waals surface area contributed by atoms with Gasteiger partial charge in [0.2, 0.25) is 0 Å². The second kappa shape index (κ2) is 6.83. The number of hydrogen-bond acceptors (Lipinski definition) is 4. The summed E-state index contributed by atoms with van der Waals surface area (Å²) in [6, 6.07) is 0. The van der Waals surface area contributed by atoms with Gasteiger partial charge in [-0.3, -0.25) is 4.90 Å². The van der Waals surface area contributed by atoms with E-state index in [1.54, 1.807) is 20.8 Å². The van der Waals surface area contributed by atoms with Crippen LogP contribution in [0.5, 0.6) is 0 Å². The lowest BCUT2D eigenvalue weighted by Crippen LogP contribution is -2.43. The molecule has 0 spiro atoms. The number of carbonyl (C=O) groups excluding carboxylic acids is 1. The number of alkyl halides is 3. The maximum absolute atomic E-state index is 12.3. The van der Waals surface area contributed by atoms with Crippen molar-refractivity contribution in [1.82, 2.24) is 9.80 Å². The Hall–Kier alpha value is -1.02. The summed E-state index contributed by atoms with van der Waals surface area (Å²) in [4.78, 5) is 14.9. The molecular weight excluding hydrogens is 289 g/mol. The highest BCUT2D eigenvalue weighted by atomic mass is 19.4. The predicted octanol–water partition coefficient (Wildman–Crippen LogP) is 1.85. The zero-order valence-corrected chi connectivity index (χ0v) is 12.6. The summed E-state index contributed by atoms with van der Waals surface area (Å²) in [5, 5.41) is 9.09. The molecule has 1 aliphatic heterocycles. The van der Waals surface area contributed by atoms with E-state index in [9.17, 15) is 18.0 Å². The second-order valence-corrected chi connectivity index (χ2v) is 6.18. The van der Waals surface area contributed by atoms with Crippen LogP contribution in [0.3, 0.4) is 0 Å². The van der Waals surface area contributed by atoms with Gasteiger partial charge in [0.1, 0.15) is 5.60 Å². The first-order chi connectivity index (χ1) is 9.49. The third-order valence-corrected chi connectivity index (χ3v) is 3.05. The molecule has 0 aromatic rings. The fourth-order valence-electron chi connectivity index (χ4n) is 2.01. The molecule has 0 saturated carbocycles. The van der Waals surface area contributed by atoms with Gasteiger partial charge in [0, 0.05) is 32.7 Å². The molecule has 0 aromatic heterocycles. The first kappa shape index (κ1) is 18.0. The van der Waals surface area contributed by atoms with Gasteiger partial charge in [-0.2, -0.15) is 13.2 Å². The lowest BCUT2D eigenvalue weighted by molar-refractivity contribution is -0.208. The molecule has 21 heavy (non-hydrogen) atoms. The van der Waals surface area contributed by atoms with Crippen LogP contribution < -0.4 is 0 Å². The van der Waals surface area contributed by atoms with E-state index in [4.69, 9.17) is 9.84 Å². The first-order valence-corrected chi connectivity index (χ1v) is 6.94. The molecule has 1 saturated heterocycles. The normalized spacial score (nSPS) is 20.0. The number of ether oxygens (including phenoxy) is 1. The lowest BCUT2D eigenvalue weighted by atomic mass is 10.2. The monoisotopic (exact) mass is 312 g/mol. The van der Waals surface area contributed by atoms with Gasteiger partial charge in [-0.25, -0.2) is 4.79 Å². The molecule has 1 fully saturated rings. The number of aliphatic hydroxyl groups is 1. The Morgan fingerprint density at radius 2 is 1.81 bits per heavy atom. The summed E-state index contributed by atoms with van der Waals surface area (Å²) in [5.74, 6) is 0. The molecule has 0 radical (unpaired) electrons. The Morgan fingerprint density at radius 1 is 1.19 bits per heavy atom. The second-order valence-electron chi connectivity index (χ2n) is 6.18. The van der Waals surface area contributed by atoms with Crippen LogP contribution in [0.15, 0.2) is 0 Å². The maximum Gasteiger partial charge on any atom is 0.415 e. The molecule has 1 atom stereocenters. The molecular formula is C13H23F3N2O3. The minimum absolute atomic E-state index is 0.284. The van der Waals surface area contributed by atoms with E-state index in [0.717, 1.165) is 0 Å². The number of amides is 1. The van der Waals surface area contributed by atoms with Gasteiger partial charge in [-0.15, -0.1) is 0 Å². The summed E-state index contributed by atoms with van der Waals surface area (Å²) < 4.78 is 42.2. The number of β-amino-alcohol motifs (C(OH)–C–C–N with tert-alkyl or cyclic N) is 1. The number of rotatable bonds is 2. The molecule has 1 heterocycles. The number of carbonyl (C=O) groups is 1. The zero-order chi connectivity index (χ0) is 16.3. The molecule has 1 N–H and O–H groups in total. The van der Waals surface area contributed by atoms with Crippen molar-refractivity contribution in [1.29, 1.82) is 0 Å². The van der Waals surface area contributed by atoms with Crippen molar-refractivity contribution in [2.24, 2.45) is 0 Å². The Balaban J connectivity index is 2.49. The highest BCUT2D eigenvalue weighted by Gasteiger charge is 2.39. The van der Waals surface area contributed by atoms with Crippen LogP contribution in [0, 0.1) is 0 Å². The summed E-state index contributed by atoms with van der Waals surface area (Å²) >= 11 is 0. The third kappa shape index (κ3) is 6.52. The van der Waals surface area contributed by atoms with Crippen molar-refractivity contribution < 1.29 is 27.8 Å². The van der Waals surface area contributed by atoms with Gasteiger partial charge in [0.05, 0.1) is 0 Å². The summed E-state index contributed by atoms with van der Waals surface area (Å²) in [7, 11) is 0. The van der Waals surface area contributed by atoms with Crippen LogP contribution in [-0.2, 0) is 4.74 Å². The molecule has 0 aliphatic carbocycles. The molecule has 1 aliphatic rings. The Bertz CT molecular complexity index is 356. The topological polar surface area (TPSA) is 53.0 Å². The first-order valence-electron chi connectivity index (χ1n) is 6.94. The molecule has 1 rings (SSSR count). The van der Waals surface area contributed by atoms with Crippen molar-refractivity contribution in [3.63, 3.8) is 0 Å². The number of aliphatic hydroxyl groups excluding tert-OH is 1. The number of halogens is 3.